The number of carbonyl (C=O) groups excluding carboxylic acids is 2. The van der Waals surface area contributed by atoms with Crippen LogP contribution in [-0.2, 0) is 9.59 Å². The monoisotopic (exact) mass is 471 g/mol. The SMILES string of the molecule is C=CC[C@@]1(C)C[C@H](c2cccc(Cl)c2)[C@@H](c2ccc(Cl)cc2)N(C(CC)CC(C)=O)C1=O. The number of piperidine rings is 1. The number of nitrogens with zero attached hydrogens (tertiary/aromatic N) is 1. The maximum atomic E-state index is 14.0. The fourth-order valence-corrected chi connectivity index (χ4v) is 5.38. The molecule has 5 heteroatoms. The van der Waals surface area contributed by atoms with Crippen LogP contribution >= 0.6 is 23.2 Å². The van der Waals surface area contributed by atoms with Crippen LogP contribution in [-0.4, -0.2) is 22.6 Å². The van der Waals surface area contributed by atoms with Crippen LogP contribution in [0, 0.1) is 5.41 Å². The van der Waals surface area contributed by atoms with Gasteiger partial charge < -0.3 is 4.90 Å². The summed E-state index contributed by atoms with van der Waals surface area (Å²) in [6.45, 7) is 9.55. The Bertz CT molecular complexity index is 987. The molecule has 3 nitrogen and oxygen atoms in total. The van der Waals surface area contributed by atoms with Crippen LogP contribution in [0.1, 0.15) is 69.5 Å². The number of allylic oxidation sites excluding steroid dienone is 1. The molecule has 3 rings (SSSR count). The van der Waals surface area contributed by atoms with Gasteiger partial charge in [0, 0.05) is 28.4 Å². The molecule has 1 fully saturated rings. The summed E-state index contributed by atoms with van der Waals surface area (Å²) in [5, 5.41) is 1.32. The van der Waals surface area contributed by atoms with Crippen molar-refractivity contribution in [3.05, 3.63) is 82.4 Å². The van der Waals surface area contributed by atoms with Crippen molar-refractivity contribution in [3.63, 3.8) is 0 Å². The second-order valence-corrected chi connectivity index (χ2v) is 9.97. The molecule has 1 heterocycles. The van der Waals surface area contributed by atoms with E-state index in [1.54, 1.807) is 6.92 Å². The lowest BCUT2D eigenvalue weighted by Gasteiger charge is -2.52. The van der Waals surface area contributed by atoms with Crippen molar-refractivity contribution in [1.29, 1.82) is 0 Å². The van der Waals surface area contributed by atoms with Gasteiger partial charge in [-0.2, -0.15) is 0 Å². The number of amides is 1. The normalized spacial score (nSPS) is 24.3. The van der Waals surface area contributed by atoms with Gasteiger partial charge in [0.25, 0.3) is 0 Å². The van der Waals surface area contributed by atoms with E-state index in [2.05, 4.69) is 12.6 Å². The van der Waals surface area contributed by atoms with E-state index in [1.807, 2.05) is 67.3 Å². The Morgan fingerprint density at radius 2 is 1.88 bits per heavy atom. The Morgan fingerprint density at radius 1 is 1.19 bits per heavy atom. The lowest BCUT2D eigenvalue weighted by atomic mass is 9.67. The van der Waals surface area contributed by atoms with E-state index in [9.17, 15) is 9.59 Å². The molecular weight excluding hydrogens is 441 g/mol. The van der Waals surface area contributed by atoms with Crippen molar-refractivity contribution < 1.29 is 9.59 Å². The molecule has 1 unspecified atom stereocenters. The fourth-order valence-electron chi connectivity index (χ4n) is 5.06. The molecule has 1 aliphatic rings. The Labute approximate surface area is 201 Å². The number of hydrogen-bond acceptors (Lipinski definition) is 2. The molecule has 2 aromatic carbocycles. The van der Waals surface area contributed by atoms with Crippen LogP contribution in [0.15, 0.2) is 61.2 Å². The average molecular weight is 472 g/mol. The van der Waals surface area contributed by atoms with Crippen molar-refractivity contribution in [2.45, 2.75) is 64.5 Å². The molecule has 32 heavy (non-hydrogen) atoms. The molecular formula is C27H31Cl2NO2. The van der Waals surface area contributed by atoms with Gasteiger partial charge in [0.1, 0.15) is 5.78 Å². The second kappa shape index (κ2) is 10.2. The number of ketones is 1. The highest BCUT2D eigenvalue weighted by Crippen LogP contribution is 2.52. The predicted molar refractivity (Wildman–Crippen MR) is 132 cm³/mol. The summed E-state index contributed by atoms with van der Waals surface area (Å²) in [6, 6.07) is 15.2. The molecule has 1 aliphatic heterocycles. The van der Waals surface area contributed by atoms with E-state index in [0.717, 1.165) is 11.1 Å². The van der Waals surface area contributed by atoms with E-state index in [4.69, 9.17) is 23.2 Å². The molecule has 0 radical (unpaired) electrons. The van der Waals surface area contributed by atoms with Crippen molar-refractivity contribution in [1.82, 2.24) is 4.90 Å². The number of likely N-dealkylation sites (tertiary alicyclic amines) is 1. The Morgan fingerprint density at radius 3 is 2.44 bits per heavy atom. The van der Waals surface area contributed by atoms with Crippen molar-refractivity contribution >= 4 is 34.9 Å². The summed E-state index contributed by atoms with van der Waals surface area (Å²) in [5.41, 5.74) is 1.49. The van der Waals surface area contributed by atoms with E-state index in [-0.39, 0.29) is 29.7 Å². The Hall–Kier alpha value is -2.10. The van der Waals surface area contributed by atoms with Gasteiger partial charge in [-0.15, -0.1) is 6.58 Å². The minimum absolute atomic E-state index is 0.0125. The highest BCUT2D eigenvalue weighted by atomic mass is 35.5. The largest absolute Gasteiger partial charge is 0.331 e. The zero-order valence-corrected chi connectivity index (χ0v) is 20.5. The van der Waals surface area contributed by atoms with Gasteiger partial charge >= 0.3 is 0 Å². The number of carbonyl (C=O) groups is 2. The maximum absolute atomic E-state index is 14.0. The number of benzene rings is 2. The average Bonchev–Trinajstić information content (AvgIpc) is 2.75. The first-order valence-corrected chi connectivity index (χ1v) is 11.9. The summed E-state index contributed by atoms with van der Waals surface area (Å²) in [7, 11) is 0. The number of Topliss-reactive ketones (excluding diaryl/α,β-unsaturated/α-hetero) is 1. The molecule has 4 atom stereocenters. The highest BCUT2D eigenvalue weighted by Gasteiger charge is 2.50. The Balaban J connectivity index is 2.23. The quantitative estimate of drug-likeness (QED) is 0.376. The predicted octanol–water partition coefficient (Wildman–Crippen LogP) is 7.39. The molecule has 0 aromatic heterocycles. The zero-order chi connectivity index (χ0) is 23.5. The van der Waals surface area contributed by atoms with Gasteiger partial charge in [0.15, 0.2) is 0 Å². The molecule has 0 saturated carbocycles. The Kier molecular flexibility index (Phi) is 7.84. The van der Waals surface area contributed by atoms with Gasteiger partial charge in [-0.3, -0.25) is 9.59 Å². The molecule has 0 N–H and O–H groups in total. The van der Waals surface area contributed by atoms with Gasteiger partial charge in [-0.1, -0.05) is 67.4 Å². The first kappa shape index (κ1) is 24.5. The summed E-state index contributed by atoms with van der Waals surface area (Å²) in [6.07, 6.45) is 4.09. The third-order valence-corrected chi connectivity index (χ3v) is 7.06. The standard InChI is InChI=1S/C27H31Cl2NO2/c1-5-14-27(4)17-24(20-8-7-9-22(29)16-20)25(19-10-12-21(28)13-11-19)30(26(27)32)23(6-2)15-18(3)31/h5,7-13,16,23-25H,1,6,14-15,17H2,2-4H3/t23?,24-,25-,27+/m1/s1. The van der Waals surface area contributed by atoms with E-state index in [0.29, 0.717) is 35.7 Å². The third kappa shape index (κ3) is 5.10. The van der Waals surface area contributed by atoms with Crippen LogP contribution in [0.4, 0.5) is 0 Å². The summed E-state index contributed by atoms with van der Waals surface area (Å²) >= 11 is 12.6. The second-order valence-electron chi connectivity index (χ2n) is 9.10. The van der Waals surface area contributed by atoms with E-state index in [1.165, 1.54) is 0 Å². The molecule has 0 aliphatic carbocycles. The smallest absolute Gasteiger partial charge is 0.229 e. The number of rotatable bonds is 8. The van der Waals surface area contributed by atoms with Crippen molar-refractivity contribution in [3.8, 4) is 0 Å². The van der Waals surface area contributed by atoms with E-state index < -0.39 is 5.41 Å². The van der Waals surface area contributed by atoms with Gasteiger partial charge in [-0.25, -0.2) is 0 Å². The van der Waals surface area contributed by atoms with Crippen molar-refractivity contribution in [2.24, 2.45) is 5.41 Å². The minimum atomic E-state index is -0.609. The lowest BCUT2D eigenvalue weighted by molar-refractivity contribution is -0.155. The van der Waals surface area contributed by atoms with Crippen molar-refractivity contribution in [2.75, 3.05) is 0 Å². The highest BCUT2D eigenvalue weighted by molar-refractivity contribution is 6.30. The summed E-state index contributed by atoms with van der Waals surface area (Å²) < 4.78 is 0. The van der Waals surface area contributed by atoms with Crippen LogP contribution in [0.2, 0.25) is 10.0 Å². The van der Waals surface area contributed by atoms with Crippen LogP contribution in [0.3, 0.4) is 0 Å². The molecule has 0 bridgehead atoms. The molecule has 2 aromatic rings. The molecule has 1 amide bonds. The lowest BCUT2D eigenvalue weighted by Crippen LogP contribution is -2.55. The maximum Gasteiger partial charge on any atom is 0.229 e. The first-order valence-electron chi connectivity index (χ1n) is 11.1. The number of halogens is 2. The molecule has 1 saturated heterocycles. The molecule has 170 valence electrons. The van der Waals surface area contributed by atoms with Gasteiger partial charge in [0.2, 0.25) is 5.91 Å². The summed E-state index contributed by atoms with van der Waals surface area (Å²) in [4.78, 5) is 28.1. The van der Waals surface area contributed by atoms with Crippen LogP contribution in [0.25, 0.3) is 0 Å². The topological polar surface area (TPSA) is 37.4 Å². The van der Waals surface area contributed by atoms with Crippen LogP contribution < -0.4 is 0 Å². The van der Waals surface area contributed by atoms with Gasteiger partial charge in [-0.05, 0) is 61.6 Å². The summed E-state index contributed by atoms with van der Waals surface area (Å²) in [5.74, 6) is 0.164. The molecule has 0 spiro atoms. The zero-order valence-electron chi connectivity index (χ0n) is 19.0. The first-order chi connectivity index (χ1) is 15.2. The third-order valence-electron chi connectivity index (χ3n) is 6.57. The van der Waals surface area contributed by atoms with E-state index >= 15 is 0 Å². The number of hydrogen-bond donors (Lipinski definition) is 0. The minimum Gasteiger partial charge on any atom is -0.331 e. The van der Waals surface area contributed by atoms with Crippen LogP contribution in [0.5, 0.6) is 0 Å². The van der Waals surface area contributed by atoms with Gasteiger partial charge in [0.05, 0.1) is 11.5 Å². The fraction of sp³-hybridized carbons (Fsp3) is 0.407.